The highest BCUT2D eigenvalue weighted by atomic mass is 35.5. The number of benzene rings is 1. The quantitative estimate of drug-likeness (QED) is 0.775. The van der Waals surface area contributed by atoms with Crippen molar-refractivity contribution in [3.8, 4) is 0 Å². The van der Waals surface area contributed by atoms with Gasteiger partial charge in [-0.1, -0.05) is 24.6 Å². The van der Waals surface area contributed by atoms with Gasteiger partial charge >= 0.3 is 0 Å². The fraction of sp³-hybridized carbons (Fsp3) is 0.562. The lowest BCUT2D eigenvalue weighted by Gasteiger charge is -2.24. The molecule has 1 amide bonds. The zero-order valence-corrected chi connectivity index (χ0v) is 13.5. The summed E-state index contributed by atoms with van der Waals surface area (Å²) in [7, 11) is 1.66. The van der Waals surface area contributed by atoms with Crippen molar-refractivity contribution in [2.24, 2.45) is 0 Å². The normalized spacial score (nSPS) is 14.0. The summed E-state index contributed by atoms with van der Waals surface area (Å²) in [5.41, 5.74) is 2.12. The summed E-state index contributed by atoms with van der Waals surface area (Å²) in [6.45, 7) is 4.11. The van der Waals surface area contributed by atoms with Gasteiger partial charge in [0.2, 0.25) is 5.91 Å². The SMILES string of the molecule is CCCN(CC(=O)NC)c1ccc(CNC2CC2)c(Cl)c1. The predicted octanol–water partition coefficient (Wildman–Crippen LogP) is 2.55. The van der Waals surface area contributed by atoms with Gasteiger partial charge in [0.1, 0.15) is 0 Å². The van der Waals surface area contributed by atoms with Gasteiger partial charge in [-0.05, 0) is 37.0 Å². The molecule has 0 saturated heterocycles. The third-order valence-corrected chi connectivity index (χ3v) is 4.02. The number of nitrogens with one attached hydrogen (secondary N) is 2. The molecule has 1 fully saturated rings. The van der Waals surface area contributed by atoms with Crippen LogP contribution in [0.4, 0.5) is 5.69 Å². The Kier molecular flexibility index (Phi) is 5.88. The highest BCUT2D eigenvalue weighted by molar-refractivity contribution is 6.31. The fourth-order valence-electron chi connectivity index (χ4n) is 2.24. The number of amides is 1. The van der Waals surface area contributed by atoms with Crippen LogP contribution in [0.1, 0.15) is 31.7 Å². The van der Waals surface area contributed by atoms with E-state index in [1.54, 1.807) is 7.05 Å². The van der Waals surface area contributed by atoms with Crippen molar-refractivity contribution in [1.82, 2.24) is 10.6 Å². The molecule has 2 N–H and O–H groups in total. The second-order valence-electron chi connectivity index (χ2n) is 5.53. The van der Waals surface area contributed by atoms with Crippen LogP contribution in [0.2, 0.25) is 5.02 Å². The zero-order valence-electron chi connectivity index (χ0n) is 12.8. The summed E-state index contributed by atoms with van der Waals surface area (Å²) in [6, 6.07) is 6.74. The van der Waals surface area contributed by atoms with E-state index in [9.17, 15) is 4.79 Å². The van der Waals surface area contributed by atoms with E-state index in [1.165, 1.54) is 12.8 Å². The van der Waals surface area contributed by atoms with E-state index in [0.717, 1.165) is 35.8 Å². The first-order valence-electron chi connectivity index (χ1n) is 7.61. The van der Waals surface area contributed by atoms with Crippen LogP contribution < -0.4 is 15.5 Å². The summed E-state index contributed by atoms with van der Waals surface area (Å²) in [4.78, 5) is 13.7. The smallest absolute Gasteiger partial charge is 0.239 e. The standard InChI is InChI=1S/C16H24ClN3O/c1-3-8-20(11-16(21)18-2)14-7-4-12(15(17)9-14)10-19-13-5-6-13/h4,7,9,13,19H,3,5-6,8,10-11H2,1-2H3,(H,18,21). The van der Waals surface area contributed by atoms with Crippen LogP contribution in [0.25, 0.3) is 0 Å². The number of rotatable bonds is 8. The van der Waals surface area contributed by atoms with Gasteiger partial charge < -0.3 is 15.5 Å². The Morgan fingerprint density at radius 3 is 2.76 bits per heavy atom. The second kappa shape index (κ2) is 7.66. The van der Waals surface area contributed by atoms with Gasteiger partial charge in [0, 0.05) is 36.9 Å². The molecular formula is C16H24ClN3O. The Morgan fingerprint density at radius 2 is 2.19 bits per heavy atom. The van der Waals surface area contributed by atoms with Gasteiger partial charge in [0.05, 0.1) is 6.54 Å². The molecule has 5 heteroatoms. The Morgan fingerprint density at radius 1 is 1.43 bits per heavy atom. The molecule has 0 radical (unpaired) electrons. The fourth-order valence-corrected chi connectivity index (χ4v) is 2.48. The first-order chi connectivity index (χ1) is 10.1. The molecule has 0 bridgehead atoms. The van der Waals surface area contributed by atoms with Crippen LogP contribution in [-0.4, -0.2) is 32.1 Å². The van der Waals surface area contributed by atoms with E-state index < -0.39 is 0 Å². The number of likely N-dealkylation sites (N-methyl/N-ethyl adjacent to an activating group) is 1. The average Bonchev–Trinajstić information content (AvgIpc) is 3.29. The number of carbonyl (C=O) groups is 1. The Hall–Kier alpha value is -1.26. The third-order valence-electron chi connectivity index (χ3n) is 3.67. The Labute approximate surface area is 131 Å². The molecule has 21 heavy (non-hydrogen) atoms. The summed E-state index contributed by atoms with van der Waals surface area (Å²) < 4.78 is 0. The lowest BCUT2D eigenvalue weighted by Crippen LogP contribution is -2.36. The average molecular weight is 310 g/mol. The van der Waals surface area contributed by atoms with E-state index in [4.69, 9.17) is 11.6 Å². The van der Waals surface area contributed by atoms with Crippen LogP contribution in [0.3, 0.4) is 0 Å². The Bertz CT molecular complexity index is 488. The van der Waals surface area contributed by atoms with Crippen LogP contribution in [0.5, 0.6) is 0 Å². The van der Waals surface area contributed by atoms with Crippen LogP contribution in [0.15, 0.2) is 18.2 Å². The first kappa shape index (κ1) is 16.1. The molecule has 4 nitrogen and oxygen atoms in total. The van der Waals surface area contributed by atoms with E-state index in [2.05, 4.69) is 28.5 Å². The highest BCUT2D eigenvalue weighted by Gasteiger charge is 2.20. The van der Waals surface area contributed by atoms with Gasteiger partial charge in [-0.3, -0.25) is 4.79 Å². The maximum Gasteiger partial charge on any atom is 0.239 e. The molecular weight excluding hydrogens is 286 g/mol. The minimum Gasteiger partial charge on any atom is -0.362 e. The summed E-state index contributed by atoms with van der Waals surface area (Å²) in [6.07, 6.45) is 3.53. The van der Waals surface area contributed by atoms with Gasteiger partial charge in [-0.2, -0.15) is 0 Å². The molecule has 0 heterocycles. The molecule has 2 rings (SSSR count). The molecule has 0 aliphatic heterocycles. The number of nitrogens with zero attached hydrogens (tertiary/aromatic N) is 1. The maximum absolute atomic E-state index is 11.6. The molecule has 0 unspecified atom stereocenters. The third kappa shape index (κ3) is 4.90. The maximum atomic E-state index is 11.6. The topological polar surface area (TPSA) is 44.4 Å². The van der Waals surface area contributed by atoms with Crippen molar-refractivity contribution < 1.29 is 4.79 Å². The number of carbonyl (C=O) groups excluding carboxylic acids is 1. The molecule has 116 valence electrons. The van der Waals surface area contributed by atoms with Crippen molar-refractivity contribution in [3.63, 3.8) is 0 Å². The number of hydrogen-bond donors (Lipinski definition) is 2. The minimum atomic E-state index is 0.0130. The van der Waals surface area contributed by atoms with E-state index >= 15 is 0 Å². The summed E-state index contributed by atoms with van der Waals surface area (Å²) in [5, 5.41) is 6.90. The lowest BCUT2D eigenvalue weighted by molar-refractivity contribution is -0.119. The highest BCUT2D eigenvalue weighted by Crippen LogP contribution is 2.25. The second-order valence-corrected chi connectivity index (χ2v) is 5.93. The molecule has 0 atom stereocenters. The van der Waals surface area contributed by atoms with Gasteiger partial charge in [0.15, 0.2) is 0 Å². The van der Waals surface area contributed by atoms with Crippen molar-refractivity contribution in [1.29, 1.82) is 0 Å². The van der Waals surface area contributed by atoms with Crippen LogP contribution >= 0.6 is 11.6 Å². The van der Waals surface area contributed by atoms with Gasteiger partial charge in [-0.25, -0.2) is 0 Å². The number of halogens is 1. The van der Waals surface area contributed by atoms with E-state index in [0.29, 0.717) is 12.6 Å². The van der Waals surface area contributed by atoms with E-state index in [1.807, 2.05) is 12.1 Å². The molecule has 1 aliphatic rings. The molecule has 0 aromatic heterocycles. The molecule has 0 spiro atoms. The van der Waals surface area contributed by atoms with Crippen molar-refractivity contribution in [2.45, 2.75) is 38.8 Å². The molecule has 1 aromatic rings. The van der Waals surface area contributed by atoms with Crippen molar-refractivity contribution in [3.05, 3.63) is 28.8 Å². The predicted molar refractivity (Wildman–Crippen MR) is 87.9 cm³/mol. The molecule has 1 aromatic carbocycles. The van der Waals surface area contributed by atoms with E-state index in [-0.39, 0.29) is 5.91 Å². The summed E-state index contributed by atoms with van der Waals surface area (Å²) >= 11 is 6.38. The van der Waals surface area contributed by atoms with Crippen LogP contribution in [0, 0.1) is 0 Å². The number of anilines is 1. The largest absolute Gasteiger partial charge is 0.362 e. The van der Waals surface area contributed by atoms with Gasteiger partial charge in [-0.15, -0.1) is 0 Å². The zero-order chi connectivity index (χ0) is 15.2. The first-order valence-corrected chi connectivity index (χ1v) is 7.99. The lowest BCUT2D eigenvalue weighted by atomic mass is 10.1. The summed E-state index contributed by atoms with van der Waals surface area (Å²) in [5.74, 6) is 0.0130. The van der Waals surface area contributed by atoms with Crippen LogP contribution in [-0.2, 0) is 11.3 Å². The monoisotopic (exact) mass is 309 g/mol. The molecule has 1 saturated carbocycles. The molecule has 1 aliphatic carbocycles. The van der Waals surface area contributed by atoms with Crippen molar-refractivity contribution >= 4 is 23.2 Å². The number of hydrogen-bond acceptors (Lipinski definition) is 3. The Balaban J connectivity index is 2.05. The van der Waals surface area contributed by atoms with Crippen molar-refractivity contribution in [2.75, 3.05) is 25.0 Å². The minimum absolute atomic E-state index is 0.0130. The van der Waals surface area contributed by atoms with Gasteiger partial charge in [0.25, 0.3) is 0 Å².